The van der Waals surface area contributed by atoms with Crippen LogP contribution in [0.2, 0.25) is 0 Å². The SMILES string of the molecule is CCCc1nccn1-c1cc(C#N)c2ccccc2n1. The highest BCUT2D eigenvalue weighted by atomic mass is 15.1. The normalized spacial score (nSPS) is 10.6. The lowest BCUT2D eigenvalue weighted by molar-refractivity contribution is 0.800. The Morgan fingerprint density at radius 3 is 2.95 bits per heavy atom. The van der Waals surface area contributed by atoms with Gasteiger partial charge in [-0.2, -0.15) is 5.26 Å². The monoisotopic (exact) mass is 262 g/mol. The molecular formula is C16H14N4. The van der Waals surface area contributed by atoms with E-state index in [-0.39, 0.29) is 0 Å². The van der Waals surface area contributed by atoms with Gasteiger partial charge in [0, 0.05) is 24.2 Å². The molecule has 3 rings (SSSR count). The highest BCUT2D eigenvalue weighted by molar-refractivity contribution is 5.85. The van der Waals surface area contributed by atoms with E-state index in [1.165, 1.54) is 0 Å². The second kappa shape index (κ2) is 5.14. The number of imidazole rings is 1. The lowest BCUT2D eigenvalue weighted by atomic mass is 10.1. The van der Waals surface area contributed by atoms with Crippen LogP contribution in [0.3, 0.4) is 0 Å². The second-order valence-corrected chi connectivity index (χ2v) is 4.62. The van der Waals surface area contributed by atoms with Crippen LogP contribution in [0.5, 0.6) is 0 Å². The number of benzene rings is 1. The van der Waals surface area contributed by atoms with Gasteiger partial charge in [-0.05, 0) is 18.6 Å². The van der Waals surface area contributed by atoms with Gasteiger partial charge >= 0.3 is 0 Å². The summed E-state index contributed by atoms with van der Waals surface area (Å²) in [4.78, 5) is 9.00. The molecule has 1 aromatic carbocycles. The van der Waals surface area contributed by atoms with Crippen LogP contribution in [0.15, 0.2) is 42.7 Å². The number of rotatable bonds is 3. The minimum atomic E-state index is 0.641. The van der Waals surface area contributed by atoms with Crippen molar-refractivity contribution in [3.05, 3.63) is 54.1 Å². The number of hydrogen-bond donors (Lipinski definition) is 0. The number of fused-ring (bicyclic) bond motifs is 1. The highest BCUT2D eigenvalue weighted by Crippen LogP contribution is 2.20. The van der Waals surface area contributed by atoms with E-state index in [0.717, 1.165) is 35.4 Å². The zero-order chi connectivity index (χ0) is 13.9. The number of pyridine rings is 1. The van der Waals surface area contributed by atoms with Crippen molar-refractivity contribution in [1.29, 1.82) is 5.26 Å². The summed E-state index contributed by atoms with van der Waals surface area (Å²) < 4.78 is 1.96. The molecule has 0 saturated heterocycles. The fourth-order valence-corrected chi connectivity index (χ4v) is 2.33. The van der Waals surface area contributed by atoms with E-state index in [1.807, 2.05) is 41.1 Å². The van der Waals surface area contributed by atoms with Gasteiger partial charge in [0.05, 0.1) is 17.1 Å². The van der Waals surface area contributed by atoms with E-state index >= 15 is 0 Å². The van der Waals surface area contributed by atoms with Gasteiger partial charge in [-0.15, -0.1) is 0 Å². The molecule has 0 aliphatic heterocycles. The zero-order valence-corrected chi connectivity index (χ0v) is 11.2. The predicted octanol–water partition coefficient (Wildman–Crippen LogP) is 3.24. The standard InChI is InChI=1S/C16H14N4/c1-2-5-15-18-8-9-20(15)16-10-12(11-17)13-6-3-4-7-14(13)19-16/h3-4,6-10H,2,5H2,1H3. The summed E-state index contributed by atoms with van der Waals surface area (Å²) in [5.74, 6) is 1.72. The number of hydrogen-bond acceptors (Lipinski definition) is 3. The van der Waals surface area contributed by atoms with Gasteiger partial charge in [0.1, 0.15) is 11.6 Å². The smallest absolute Gasteiger partial charge is 0.140 e. The lowest BCUT2D eigenvalue weighted by Gasteiger charge is -2.08. The molecule has 4 nitrogen and oxygen atoms in total. The van der Waals surface area contributed by atoms with Gasteiger partial charge in [0.25, 0.3) is 0 Å². The molecule has 0 fully saturated rings. The minimum absolute atomic E-state index is 0.641. The average Bonchev–Trinajstić information content (AvgIpc) is 2.95. The molecule has 20 heavy (non-hydrogen) atoms. The van der Waals surface area contributed by atoms with E-state index in [9.17, 15) is 5.26 Å². The molecule has 0 radical (unpaired) electrons. The third-order valence-corrected chi connectivity index (χ3v) is 3.26. The van der Waals surface area contributed by atoms with Crippen molar-refractivity contribution in [2.24, 2.45) is 0 Å². The summed E-state index contributed by atoms with van der Waals surface area (Å²) in [5.41, 5.74) is 1.47. The first kappa shape index (κ1) is 12.4. The van der Waals surface area contributed by atoms with Crippen LogP contribution in [-0.4, -0.2) is 14.5 Å². The minimum Gasteiger partial charge on any atom is -0.288 e. The van der Waals surface area contributed by atoms with Crippen molar-refractivity contribution in [2.75, 3.05) is 0 Å². The summed E-state index contributed by atoms with van der Waals surface area (Å²) in [5, 5.41) is 10.2. The number of aryl methyl sites for hydroxylation is 1. The summed E-state index contributed by atoms with van der Waals surface area (Å²) in [6.45, 7) is 2.12. The van der Waals surface area contributed by atoms with Crippen LogP contribution >= 0.6 is 0 Å². The lowest BCUT2D eigenvalue weighted by Crippen LogP contribution is -2.03. The Hall–Kier alpha value is -2.67. The molecule has 0 amide bonds. The summed E-state index contributed by atoms with van der Waals surface area (Å²) in [7, 11) is 0. The number of nitriles is 1. The van der Waals surface area contributed by atoms with Gasteiger partial charge in [-0.1, -0.05) is 25.1 Å². The first-order valence-electron chi connectivity index (χ1n) is 6.66. The van der Waals surface area contributed by atoms with E-state index in [1.54, 1.807) is 6.20 Å². The van der Waals surface area contributed by atoms with Crippen molar-refractivity contribution in [1.82, 2.24) is 14.5 Å². The first-order valence-corrected chi connectivity index (χ1v) is 6.66. The van der Waals surface area contributed by atoms with Crippen LogP contribution in [0.25, 0.3) is 16.7 Å². The van der Waals surface area contributed by atoms with Crippen LogP contribution in [0.4, 0.5) is 0 Å². The van der Waals surface area contributed by atoms with E-state index < -0.39 is 0 Å². The van der Waals surface area contributed by atoms with Gasteiger partial charge < -0.3 is 0 Å². The van der Waals surface area contributed by atoms with Gasteiger partial charge in [0.2, 0.25) is 0 Å². The molecule has 0 N–H and O–H groups in total. The predicted molar refractivity (Wildman–Crippen MR) is 77.6 cm³/mol. The van der Waals surface area contributed by atoms with Crippen LogP contribution in [0.1, 0.15) is 24.7 Å². The Morgan fingerprint density at radius 2 is 2.15 bits per heavy atom. The maximum Gasteiger partial charge on any atom is 0.140 e. The summed E-state index contributed by atoms with van der Waals surface area (Å²) in [6.07, 6.45) is 5.58. The van der Waals surface area contributed by atoms with Crippen LogP contribution in [0, 0.1) is 11.3 Å². The Labute approximate surface area is 117 Å². The molecular weight excluding hydrogens is 248 g/mol. The molecule has 0 aliphatic carbocycles. The van der Waals surface area contributed by atoms with Crippen molar-refractivity contribution in [3.8, 4) is 11.9 Å². The molecule has 0 aliphatic rings. The van der Waals surface area contributed by atoms with Gasteiger partial charge in [-0.3, -0.25) is 4.57 Å². The number of para-hydroxylation sites is 1. The quantitative estimate of drug-likeness (QED) is 0.728. The Bertz CT molecular complexity index is 796. The fourth-order valence-electron chi connectivity index (χ4n) is 2.33. The Morgan fingerprint density at radius 1 is 1.30 bits per heavy atom. The maximum absolute atomic E-state index is 9.33. The summed E-state index contributed by atoms with van der Waals surface area (Å²) >= 11 is 0. The molecule has 4 heteroatoms. The van der Waals surface area contributed by atoms with E-state index in [0.29, 0.717) is 5.56 Å². The maximum atomic E-state index is 9.33. The number of aromatic nitrogens is 3. The molecule has 0 spiro atoms. The molecule has 0 atom stereocenters. The zero-order valence-electron chi connectivity index (χ0n) is 11.2. The van der Waals surface area contributed by atoms with Gasteiger partial charge in [0.15, 0.2) is 0 Å². The largest absolute Gasteiger partial charge is 0.288 e. The molecule has 2 heterocycles. The topological polar surface area (TPSA) is 54.5 Å². The fraction of sp³-hybridized carbons (Fsp3) is 0.188. The van der Waals surface area contributed by atoms with E-state index in [2.05, 4.69) is 23.0 Å². The third-order valence-electron chi connectivity index (χ3n) is 3.26. The molecule has 0 bridgehead atoms. The summed E-state index contributed by atoms with van der Waals surface area (Å²) in [6, 6.07) is 11.8. The van der Waals surface area contributed by atoms with Crippen LogP contribution < -0.4 is 0 Å². The average molecular weight is 262 g/mol. The van der Waals surface area contributed by atoms with Crippen molar-refractivity contribution in [2.45, 2.75) is 19.8 Å². The molecule has 2 aromatic heterocycles. The van der Waals surface area contributed by atoms with Crippen LogP contribution in [-0.2, 0) is 6.42 Å². The van der Waals surface area contributed by atoms with E-state index in [4.69, 9.17) is 0 Å². The van der Waals surface area contributed by atoms with Gasteiger partial charge in [-0.25, -0.2) is 9.97 Å². The van der Waals surface area contributed by atoms with Crippen molar-refractivity contribution < 1.29 is 0 Å². The third kappa shape index (κ3) is 2.04. The molecule has 0 unspecified atom stereocenters. The molecule has 98 valence electrons. The second-order valence-electron chi connectivity index (χ2n) is 4.62. The number of nitrogens with zero attached hydrogens (tertiary/aromatic N) is 4. The Balaban J connectivity index is 2.22. The highest BCUT2D eigenvalue weighted by Gasteiger charge is 2.09. The van der Waals surface area contributed by atoms with Crippen molar-refractivity contribution >= 4 is 10.9 Å². The molecule has 0 saturated carbocycles. The van der Waals surface area contributed by atoms with Crippen molar-refractivity contribution in [3.63, 3.8) is 0 Å². The first-order chi connectivity index (χ1) is 9.83. The Kier molecular flexibility index (Phi) is 3.18. The molecule has 3 aromatic rings.